The molecule has 1 aromatic heterocycles. The highest BCUT2D eigenvalue weighted by Crippen LogP contribution is 2.34. The molecule has 2 rings (SSSR count). The minimum atomic E-state index is -3.66. The van der Waals surface area contributed by atoms with Gasteiger partial charge in [0.1, 0.15) is 10.7 Å². The summed E-state index contributed by atoms with van der Waals surface area (Å²) in [6, 6.07) is 3.22. The predicted octanol–water partition coefficient (Wildman–Crippen LogP) is 2.94. The van der Waals surface area contributed by atoms with E-state index in [0.29, 0.717) is 22.7 Å². The molecule has 0 unspecified atom stereocenters. The number of nitrogens with zero attached hydrogens (tertiary/aromatic N) is 1. The van der Waals surface area contributed by atoms with Gasteiger partial charge in [-0.05, 0) is 30.0 Å². The predicted molar refractivity (Wildman–Crippen MR) is 115 cm³/mol. The van der Waals surface area contributed by atoms with Crippen LogP contribution in [0.5, 0.6) is 0 Å². The third-order valence-electron chi connectivity index (χ3n) is 3.84. The highest BCUT2D eigenvalue weighted by molar-refractivity contribution is 7.90. The Morgan fingerprint density at radius 1 is 1.20 bits per heavy atom. The van der Waals surface area contributed by atoms with E-state index in [1.165, 1.54) is 12.1 Å². The van der Waals surface area contributed by atoms with Crippen molar-refractivity contribution < 1.29 is 22.4 Å². The molecule has 0 atom stereocenters. The third-order valence-corrected chi connectivity index (χ3v) is 6.09. The van der Waals surface area contributed by atoms with E-state index in [0.717, 1.165) is 23.7 Å². The van der Waals surface area contributed by atoms with E-state index in [9.17, 15) is 22.4 Å². The second kappa shape index (κ2) is 9.09. The summed E-state index contributed by atoms with van der Waals surface area (Å²) in [5.74, 6) is -1.16. The summed E-state index contributed by atoms with van der Waals surface area (Å²) in [6.07, 6.45) is 0.938. The van der Waals surface area contributed by atoms with Gasteiger partial charge in [-0.2, -0.15) is 0 Å². The number of aromatic nitrogens is 1. The van der Waals surface area contributed by atoms with Crippen LogP contribution in [-0.2, 0) is 14.6 Å². The fourth-order valence-corrected chi connectivity index (χ4v) is 4.07. The summed E-state index contributed by atoms with van der Waals surface area (Å²) in [5.41, 5.74) is 0.931. The van der Waals surface area contributed by atoms with Gasteiger partial charge in [-0.1, -0.05) is 38.2 Å². The molecule has 8 nitrogen and oxygen atoms in total. The summed E-state index contributed by atoms with van der Waals surface area (Å²) in [6.45, 7) is 7.94. The molecule has 30 heavy (non-hydrogen) atoms. The van der Waals surface area contributed by atoms with Crippen molar-refractivity contribution in [2.75, 3.05) is 24.7 Å². The van der Waals surface area contributed by atoms with Gasteiger partial charge in [-0.3, -0.25) is 10.1 Å². The summed E-state index contributed by atoms with van der Waals surface area (Å²) < 4.78 is 37.3. The maximum Gasteiger partial charge on any atom is 0.321 e. The van der Waals surface area contributed by atoms with E-state index in [4.69, 9.17) is 0 Å². The van der Waals surface area contributed by atoms with Crippen molar-refractivity contribution in [2.24, 2.45) is 5.41 Å². The lowest BCUT2D eigenvalue weighted by molar-refractivity contribution is -0.120. The Hall–Kier alpha value is -2.53. The minimum absolute atomic E-state index is 0.0638. The second-order valence-electron chi connectivity index (χ2n) is 8.00. The van der Waals surface area contributed by atoms with Crippen LogP contribution < -0.4 is 16.0 Å². The largest absolute Gasteiger partial charge is 0.354 e. The Kier molecular flexibility index (Phi) is 7.19. The fourth-order valence-electron chi connectivity index (χ4n) is 2.39. The Morgan fingerprint density at radius 3 is 2.43 bits per heavy atom. The zero-order valence-corrected chi connectivity index (χ0v) is 19.1. The molecule has 0 aliphatic heterocycles. The number of carbonyl (C=O) groups is 2. The minimum Gasteiger partial charge on any atom is -0.354 e. The van der Waals surface area contributed by atoms with Crippen LogP contribution in [0, 0.1) is 18.2 Å². The first kappa shape index (κ1) is 23.7. The van der Waals surface area contributed by atoms with Crippen LogP contribution in [0.2, 0.25) is 0 Å². The van der Waals surface area contributed by atoms with E-state index in [2.05, 4.69) is 20.9 Å². The molecule has 164 valence electrons. The Labute approximate surface area is 179 Å². The Bertz CT molecular complexity index is 1060. The van der Waals surface area contributed by atoms with Crippen LogP contribution in [0.1, 0.15) is 26.5 Å². The van der Waals surface area contributed by atoms with Gasteiger partial charge in [0.15, 0.2) is 15.0 Å². The van der Waals surface area contributed by atoms with Gasteiger partial charge in [-0.25, -0.2) is 22.6 Å². The third kappa shape index (κ3) is 6.77. The highest BCUT2D eigenvalue weighted by atomic mass is 32.2. The first-order valence-corrected chi connectivity index (χ1v) is 11.8. The number of hydrogen-bond donors (Lipinski definition) is 3. The molecule has 0 fully saturated rings. The molecule has 3 amide bonds. The number of urea groups is 1. The number of carbonyl (C=O) groups excluding carboxylic acids is 2. The SMILES string of the molecule is Cc1nc(NC(=O)NCC(=O)NCC(C)(C)C)sc1-c1ccc(S(C)(=O)=O)c(F)c1. The smallest absolute Gasteiger partial charge is 0.321 e. The van der Waals surface area contributed by atoms with Crippen molar-refractivity contribution in [3.8, 4) is 10.4 Å². The van der Waals surface area contributed by atoms with E-state index in [-0.39, 0.29) is 27.9 Å². The maximum absolute atomic E-state index is 14.2. The van der Waals surface area contributed by atoms with Crippen LogP contribution >= 0.6 is 11.3 Å². The normalized spacial score (nSPS) is 11.8. The van der Waals surface area contributed by atoms with Crippen molar-refractivity contribution in [1.29, 1.82) is 0 Å². The molecule has 1 heterocycles. The van der Waals surface area contributed by atoms with Crippen molar-refractivity contribution in [3.05, 3.63) is 29.7 Å². The molecule has 0 aliphatic rings. The molecule has 3 N–H and O–H groups in total. The van der Waals surface area contributed by atoms with Crippen LogP contribution in [-0.4, -0.2) is 44.7 Å². The van der Waals surface area contributed by atoms with Crippen LogP contribution in [0.3, 0.4) is 0 Å². The summed E-state index contributed by atoms with van der Waals surface area (Å²) in [5, 5.41) is 7.98. The van der Waals surface area contributed by atoms with Crippen molar-refractivity contribution in [3.63, 3.8) is 0 Å². The number of nitrogens with one attached hydrogen (secondary N) is 3. The highest BCUT2D eigenvalue weighted by Gasteiger charge is 2.18. The summed E-state index contributed by atoms with van der Waals surface area (Å²) in [7, 11) is -3.66. The topological polar surface area (TPSA) is 117 Å². The lowest BCUT2D eigenvalue weighted by Gasteiger charge is -2.18. The summed E-state index contributed by atoms with van der Waals surface area (Å²) in [4.78, 5) is 28.2. The maximum atomic E-state index is 14.2. The average Bonchev–Trinajstić information content (AvgIpc) is 2.96. The van der Waals surface area contributed by atoms with Crippen molar-refractivity contribution >= 4 is 38.2 Å². The zero-order valence-electron chi connectivity index (χ0n) is 17.4. The number of hydrogen-bond acceptors (Lipinski definition) is 6. The van der Waals surface area contributed by atoms with Gasteiger partial charge in [0.05, 0.1) is 17.1 Å². The summed E-state index contributed by atoms with van der Waals surface area (Å²) >= 11 is 1.11. The number of benzene rings is 1. The van der Waals surface area contributed by atoms with Gasteiger partial charge in [0.25, 0.3) is 0 Å². The van der Waals surface area contributed by atoms with E-state index in [1.807, 2.05) is 20.8 Å². The molecular weight excluding hydrogens is 431 g/mol. The molecule has 0 radical (unpaired) electrons. The number of rotatable bonds is 6. The fraction of sp³-hybridized carbons (Fsp3) is 0.421. The van der Waals surface area contributed by atoms with Crippen LogP contribution in [0.25, 0.3) is 10.4 Å². The van der Waals surface area contributed by atoms with E-state index in [1.54, 1.807) is 6.92 Å². The monoisotopic (exact) mass is 456 g/mol. The number of amides is 3. The molecule has 1 aromatic carbocycles. The average molecular weight is 457 g/mol. The van der Waals surface area contributed by atoms with Gasteiger partial charge < -0.3 is 10.6 Å². The quantitative estimate of drug-likeness (QED) is 0.618. The first-order chi connectivity index (χ1) is 13.8. The van der Waals surface area contributed by atoms with Crippen molar-refractivity contribution in [1.82, 2.24) is 15.6 Å². The van der Waals surface area contributed by atoms with Crippen LogP contribution in [0.15, 0.2) is 23.1 Å². The molecule has 11 heteroatoms. The van der Waals surface area contributed by atoms with Gasteiger partial charge in [0, 0.05) is 12.8 Å². The van der Waals surface area contributed by atoms with Gasteiger partial charge >= 0.3 is 6.03 Å². The standard InChI is InChI=1S/C19H25FN4O4S2/c1-11-16(12-6-7-14(13(20)8-12)30(5,27)28)29-18(23-11)24-17(26)21-9-15(25)22-10-19(2,3)4/h6-8H,9-10H2,1-5H3,(H,22,25)(H2,21,23,24,26). The Morgan fingerprint density at radius 2 is 1.87 bits per heavy atom. The lowest BCUT2D eigenvalue weighted by Crippen LogP contribution is -2.41. The number of sulfone groups is 1. The van der Waals surface area contributed by atoms with Crippen LogP contribution in [0.4, 0.5) is 14.3 Å². The second-order valence-corrected chi connectivity index (χ2v) is 11.0. The molecule has 0 aliphatic carbocycles. The number of aryl methyl sites for hydroxylation is 1. The molecule has 0 saturated heterocycles. The molecular formula is C19H25FN4O4S2. The molecule has 0 bridgehead atoms. The number of thiazole rings is 1. The molecule has 2 aromatic rings. The molecule has 0 spiro atoms. The first-order valence-electron chi connectivity index (χ1n) is 9.05. The van der Waals surface area contributed by atoms with E-state index >= 15 is 0 Å². The van der Waals surface area contributed by atoms with Crippen molar-refractivity contribution in [2.45, 2.75) is 32.6 Å². The lowest BCUT2D eigenvalue weighted by atomic mass is 9.97. The Balaban J connectivity index is 2.02. The number of halogens is 1. The zero-order chi connectivity index (χ0) is 22.7. The molecule has 0 saturated carbocycles. The van der Waals surface area contributed by atoms with Gasteiger partial charge in [-0.15, -0.1) is 0 Å². The van der Waals surface area contributed by atoms with Gasteiger partial charge in [0.2, 0.25) is 5.91 Å². The van der Waals surface area contributed by atoms with E-state index < -0.39 is 21.7 Å². The number of anilines is 1.